The summed E-state index contributed by atoms with van der Waals surface area (Å²) in [6.45, 7) is 1.01. The summed E-state index contributed by atoms with van der Waals surface area (Å²) in [5.74, 6) is -0.150. The van der Waals surface area contributed by atoms with Crippen LogP contribution in [0.4, 0.5) is 18.9 Å². The smallest absolute Gasteiger partial charge is 0.396 e. The number of benzene rings is 1. The molecule has 0 unspecified atom stereocenters. The summed E-state index contributed by atoms with van der Waals surface area (Å²) in [7, 11) is 0. The van der Waals surface area contributed by atoms with Gasteiger partial charge in [0.2, 0.25) is 5.91 Å². The zero-order chi connectivity index (χ0) is 14.8. The number of hydrogen-bond acceptors (Lipinski definition) is 3. The minimum Gasteiger partial charge on any atom is -0.396 e. The maximum absolute atomic E-state index is 12.5. The summed E-state index contributed by atoms with van der Waals surface area (Å²) >= 11 is 0. The molecule has 0 aromatic heterocycles. The van der Waals surface area contributed by atoms with Crippen molar-refractivity contribution in [1.29, 1.82) is 0 Å². The van der Waals surface area contributed by atoms with E-state index < -0.39 is 11.7 Å². The van der Waals surface area contributed by atoms with Gasteiger partial charge in [0.25, 0.3) is 0 Å². The Morgan fingerprint density at radius 2 is 1.85 bits per heavy atom. The van der Waals surface area contributed by atoms with Crippen LogP contribution in [0.5, 0.6) is 0 Å². The molecule has 1 amide bonds. The van der Waals surface area contributed by atoms with E-state index in [0.29, 0.717) is 31.6 Å². The van der Waals surface area contributed by atoms with E-state index in [1.54, 1.807) is 5.01 Å². The van der Waals surface area contributed by atoms with Crippen molar-refractivity contribution >= 4 is 11.6 Å². The predicted octanol–water partition coefficient (Wildman–Crippen LogP) is 2.04. The second-order valence-corrected chi connectivity index (χ2v) is 4.53. The number of carbonyl (C=O) groups excluding carboxylic acids is 1. The first-order chi connectivity index (χ1) is 9.43. The van der Waals surface area contributed by atoms with Crippen molar-refractivity contribution in [3.8, 4) is 0 Å². The minimum absolute atomic E-state index is 0.00550. The molecule has 1 aliphatic rings. The van der Waals surface area contributed by atoms with Gasteiger partial charge in [0, 0.05) is 26.1 Å². The lowest BCUT2D eigenvalue weighted by Crippen LogP contribution is -2.40. The molecular weight excluding hydrogens is 273 g/mol. The van der Waals surface area contributed by atoms with Gasteiger partial charge in [-0.25, -0.2) is 10.0 Å². The number of nitrogens with zero attached hydrogens (tertiary/aromatic N) is 2. The number of hydrogen-bond donors (Lipinski definition) is 1. The molecule has 1 aromatic rings. The molecule has 1 heterocycles. The van der Waals surface area contributed by atoms with Gasteiger partial charge in [0.05, 0.1) is 11.3 Å². The first-order valence-corrected chi connectivity index (χ1v) is 6.29. The molecule has 0 bridgehead atoms. The zero-order valence-corrected chi connectivity index (χ0v) is 10.7. The van der Waals surface area contributed by atoms with Crippen molar-refractivity contribution in [3.05, 3.63) is 29.8 Å². The van der Waals surface area contributed by atoms with E-state index in [1.807, 2.05) is 0 Å². The molecule has 1 N–H and O–H groups in total. The fourth-order valence-corrected chi connectivity index (χ4v) is 2.15. The Hall–Kier alpha value is -1.60. The van der Waals surface area contributed by atoms with E-state index in [-0.39, 0.29) is 12.5 Å². The maximum atomic E-state index is 12.5. The molecule has 1 fully saturated rings. The highest BCUT2D eigenvalue weighted by molar-refractivity contribution is 5.94. The summed E-state index contributed by atoms with van der Waals surface area (Å²) in [6, 6.07) is 4.51. The Morgan fingerprint density at radius 3 is 2.40 bits per heavy atom. The number of aliphatic hydroxyl groups is 1. The van der Waals surface area contributed by atoms with Gasteiger partial charge in [-0.15, -0.1) is 0 Å². The first kappa shape index (κ1) is 14.8. The summed E-state index contributed by atoms with van der Waals surface area (Å²) in [4.78, 5) is 11.8. The second-order valence-electron chi connectivity index (χ2n) is 4.53. The van der Waals surface area contributed by atoms with Crippen molar-refractivity contribution in [2.75, 3.05) is 24.7 Å². The summed E-state index contributed by atoms with van der Waals surface area (Å²) < 4.78 is 37.5. The van der Waals surface area contributed by atoms with Crippen LogP contribution in [0.15, 0.2) is 24.3 Å². The predicted molar refractivity (Wildman–Crippen MR) is 66.8 cm³/mol. The van der Waals surface area contributed by atoms with Gasteiger partial charge in [-0.3, -0.25) is 4.79 Å². The third kappa shape index (κ3) is 3.10. The maximum Gasteiger partial charge on any atom is 0.416 e. The van der Waals surface area contributed by atoms with Crippen molar-refractivity contribution in [2.45, 2.75) is 19.0 Å². The Morgan fingerprint density at radius 1 is 1.20 bits per heavy atom. The zero-order valence-electron chi connectivity index (χ0n) is 10.7. The van der Waals surface area contributed by atoms with Crippen LogP contribution in [0.2, 0.25) is 0 Å². The van der Waals surface area contributed by atoms with Gasteiger partial charge in [-0.2, -0.15) is 13.2 Å². The van der Waals surface area contributed by atoms with Crippen LogP contribution in [0.25, 0.3) is 0 Å². The van der Waals surface area contributed by atoms with Gasteiger partial charge in [0.1, 0.15) is 0 Å². The Labute approximate surface area is 114 Å². The highest BCUT2D eigenvalue weighted by Gasteiger charge is 2.32. The van der Waals surface area contributed by atoms with Crippen LogP contribution in [-0.4, -0.2) is 35.7 Å². The number of alkyl halides is 3. The molecule has 110 valence electrons. The molecule has 1 saturated heterocycles. The van der Waals surface area contributed by atoms with E-state index >= 15 is 0 Å². The molecule has 0 aliphatic carbocycles. The number of hydrazine groups is 1. The standard InChI is InChI=1S/C13H15F3N2O2/c14-13(15,16)10-2-4-11(5-3-10)18-12(20)6-8-17(18)7-1-9-19/h2-5,19H,1,6-9H2. The largest absolute Gasteiger partial charge is 0.416 e. The van der Waals surface area contributed by atoms with Gasteiger partial charge < -0.3 is 5.11 Å². The minimum atomic E-state index is -4.38. The summed E-state index contributed by atoms with van der Waals surface area (Å²) in [6.07, 6.45) is -3.55. The molecule has 0 atom stereocenters. The summed E-state index contributed by atoms with van der Waals surface area (Å²) in [5, 5.41) is 11.9. The molecule has 1 aromatic carbocycles. The van der Waals surface area contributed by atoms with Crippen LogP contribution in [0.3, 0.4) is 0 Å². The number of carbonyl (C=O) groups is 1. The third-order valence-corrected chi connectivity index (χ3v) is 3.12. The van der Waals surface area contributed by atoms with Gasteiger partial charge in [0.15, 0.2) is 0 Å². The van der Waals surface area contributed by atoms with E-state index in [2.05, 4.69) is 0 Å². The number of halogens is 3. The van der Waals surface area contributed by atoms with Crippen molar-refractivity contribution in [2.24, 2.45) is 0 Å². The van der Waals surface area contributed by atoms with E-state index in [0.717, 1.165) is 12.1 Å². The van der Waals surface area contributed by atoms with E-state index in [4.69, 9.17) is 5.11 Å². The number of rotatable bonds is 4. The average Bonchev–Trinajstić information content (AvgIpc) is 2.76. The topological polar surface area (TPSA) is 43.8 Å². The number of aliphatic hydroxyl groups excluding tert-OH is 1. The van der Waals surface area contributed by atoms with E-state index in [1.165, 1.54) is 17.1 Å². The Bertz CT molecular complexity index is 473. The lowest BCUT2D eigenvalue weighted by molar-refractivity contribution is -0.137. The molecule has 20 heavy (non-hydrogen) atoms. The van der Waals surface area contributed by atoms with Crippen LogP contribution >= 0.6 is 0 Å². The van der Waals surface area contributed by atoms with Crippen molar-refractivity contribution in [3.63, 3.8) is 0 Å². The highest BCUT2D eigenvalue weighted by atomic mass is 19.4. The van der Waals surface area contributed by atoms with Crippen LogP contribution in [0.1, 0.15) is 18.4 Å². The lowest BCUT2D eigenvalue weighted by atomic mass is 10.2. The monoisotopic (exact) mass is 288 g/mol. The molecule has 2 rings (SSSR count). The van der Waals surface area contributed by atoms with Crippen LogP contribution in [0, 0.1) is 0 Å². The molecule has 0 spiro atoms. The lowest BCUT2D eigenvalue weighted by Gasteiger charge is -2.28. The number of anilines is 1. The van der Waals surface area contributed by atoms with Crippen LogP contribution < -0.4 is 5.01 Å². The van der Waals surface area contributed by atoms with Gasteiger partial charge >= 0.3 is 6.18 Å². The van der Waals surface area contributed by atoms with Crippen LogP contribution in [-0.2, 0) is 11.0 Å². The normalized spacial score (nSPS) is 17.0. The SMILES string of the molecule is O=C1CCN(CCCO)N1c1ccc(C(F)(F)F)cc1. The van der Waals surface area contributed by atoms with Gasteiger partial charge in [-0.1, -0.05) is 0 Å². The quantitative estimate of drug-likeness (QED) is 0.922. The van der Waals surface area contributed by atoms with Gasteiger partial charge in [-0.05, 0) is 30.7 Å². The molecule has 4 nitrogen and oxygen atoms in total. The summed E-state index contributed by atoms with van der Waals surface area (Å²) in [5.41, 5.74) is -0.326. The third-order valence-electron chi connectivity index (χ3n) is 3.12. The molecule has 0 radical (unpaired) electrons. The van der Waals surface area contributed by atoms with E-state index in [9.17, 15) is 18.0 Å². The second kappa shape index (κ2) is 5.80. The van der Waals surface area contributed by atoms with Crippen molar-refractivity contribution in [1.82, 2.24) is 5.01 Å². The first-order valence-electron chi connectivity index (χ1n) is 6.29. The molecule has 1 aliphatic heterocycles. The molecular formula is C13H15F3N2O2. The number of amides is 1. The fraction of sp³-hybridized carbons (Fsp3) is 0.462. The Balaban J connectivity index is 2.18. The van der Waals surface area contributed by atoms with Crippen molar-refractivity contribution < 1.29 is 23.1 Å². The fourth-order valence-electron chi connectivity index (χ4n) is 2.15. The molecule has 0 saturated carbocycles. The average molecular weight is 288 g/mol. The molecule has 7 heteroatoms. The Kier molecular flexibility index (Phi) is 4.29. The highest BCUT2D eigenvalue weighted by Crippen LogP contribution is 2.31.